The van der Waals surface area contributed by atoms with Gasteiger partial charge in [-0.3, -0.25) is 0 Å². The molecule has 1 atom stereocenters. The van der Waals surface area contributed by atoms with Crippen molar-refractivity contribution in [1.29, 1.82) is 0 Å². The predicted octanol–water partition coefficient (Wildman–Crippen LogP) is 7.48. The Labute approximate surface area is 268 Å². The number of rotatable bonds is 20. The zero-order chi connectivity index (χ0) is 31.0. The molecule has 0 spiro atoms. The van der Waals surface area contributed by atoms with Gasteiger partial charge in [-0.05, 0) is 101 Å². The number of hydrogen-bond acceptors (Lipinski definition) is 6. The summed E-state index contributed by atoms with van der Waals surface area (Å²) in [5.74, 6) is 3.73. The zero-order valence-corrected chi connectivity index (χ0v) is 28.2. The highest BCUT2D eigenvalue weighted by Gasteiger charge is 2.21. The van der Waals surface area contributed by atoms with Gasteiger partial charge < -0.3 is 20.4 Å². The Morgan fingerprint density at radius 1 is 0.841 bits per heavy atom. The third-order valence-electron chi connectivity index (χ3n) is 9.37. The quantitative estimate of drug-likeness (QED) is 0.131. The minimum Gasteiger partial charge on any atom is -0.362 e. The van der Waals surface area contributed by atoms with E-state index in [9.17, 15) is 0 Å². The Morgan fingerprint density at radius 3 is 2.27 bits per heavy atom. The Kier molecular flexibility index (Phi) is 14.9. The average Bonchev–Trinajstić information content (AvgIpc) is 3.04. The van der Waals surface area contributed by atoms with Crippen molar-refractivity contribution < 1.29 is 0 Å². The van der Waals surface area contributed by atoms with Crippen LogP contribution >= 0.6 is 0 Å². The fourth-order valence-corrected chi connectivity index (χ4v) is 6.97. The van der Waals surface area contributed by atoms with Crippen LogP contribution in [0.2, 0.25) is 0 Å². The zero-order valence-electron chi connectivity index (χ0n) is 28.2. The van der Waals surface area contributed by atoms with Crippen LogP contribution in [0.15, 0.2) is 54.6 Å². The lowest BCUT2D eigenvalue weighted by Crippen LogP contribution is -2.42. The van der Waals surface area contributed by atoms with Crippen molar-refractivity contribution in [3.63, 3.8) is 0 Å². The fraction of sp³-hybridized carbons (Fsp3) is 0.632. The third-order valence-corrected chi connectivity index (χ3v) is 9.37. The SMILES string of the molecule is CCCN(CCC)CC(CCCNCC1CCC(CCCc2nc(N(C)C)c3ccccc3n2)CC1)NCc1ccccc1. The average molecular weight is 601 g/mol. The standard InChI is InChI=1S/C38H60N6/c1-5-26-44(27-6-2)30-34(40-29-32-14-8-7-9-15-32)17-13-25-39-28-33-23-21-31(22-24-33)16-12-20-37-41-36-19-11-10-18-35(36)38(42-37)43(3)4/h7-11,14-15,18-19,31,33-34,39-40H,5-6,12-13,16-17,20-30H2,1-4H3. The van der Waals surface area contributed by atoms with Crippen LogP contribution in [0.1, 0.15) is 89.4 Å². The highest BCUT2D eigenvalue weighted by atomic mass is 15.2. The molecule has 6 nitrogen and oxygen atoms in total. The van der Waals surface area contributed by atoms with Crippen molar-refractivity contribution in [3.05, 3.63) is 66.0 Å². The molecule has 1 aromatic heterocycles. The molecule has 0 aliphatic heterocycles. The van der Waals surface area contributed by atoms with Crippen molar-refractivity contribution >= 4 is 16.7 Å². The van der Waals surface area contributed by atoms with Crippen molar-refractivity contribution in [2.75, 3.05) is 51.7 Å². The largest absolute Gasteiger partial charge is 0.362 e. The van der Waals surface area contributed by atoms with Crippen LogP contribution < -0.4 is 15.5 Å². The Hall–Kier alpha value is -2.54. The second kappa shape index (κ2) is 19.1. The first-order valence-electron chi connectivity index (χ1n) is 17.7. The second-order valence-corrected chi connectivity index (χ2v) is 13.4. The van der Waals surface area contributed by atoms with Crippen molar-refractivity contribution in [2.24, 2.45) is 11.8 Å². The Morgan fingerprint density at radius 2 is 1.55 bits per heavy atom. The van der Waals surface area contributed by atoms with Crippen LogP contribution in [0.3, 0.4) is 0 Å². The lowest BCUT2D eigenvalue weighted by molar-refractivity contribution is 0.232. The van der Waals surface area contributed by atoms with E-state index in [4.69, 9.17) is 9.97 Å². The molecule has 2 aromatic carbocycles. The van der Waals surface area contributed by atoms with Crippen molar-refractivity contribution in [2.45, 2.75) is 97.1 Å². The van der Waals surface area contributed by atoms with Gasteiger partial charge in [0, 0.05) is 45.0 Å². The topological polar surface area (TPSA) is 56.3 Å². The highest BCUT2D eigenvalue weighted by molar-refractivity contribution is 5.89. The molecule has 1 heterocycles. The molecule has 1 aliphatic carbocycles. The summed E-state index contributed by atoms with van der Waals surface area (Å²) < 4.78 is 0. The molecule has 3 aromatic rings. The van der Waals surface area contributed by atoms with Crippen LogP contribution in [0.5, 0.6) is 0 Å². The maximum absolute atomic E-state index is 4.91. The van der Waals surface area contributed by atoms with E-state index < -0.39 is 0 Å². The lowest BCUT2D eigenvalue weighted by atomic mass is 9.80. The van der Waals surface area contributed by atoms with E-state index in [2.05, 4.69) is 103 Å². The number of aromatic nitrogens is 2. The van der Waals surface area contributed by atoms with Gasteiger partial charge in [0.05, 0.1) is 5.52 Å². The minimum atomic E-state index is 0.542. The van der Waals surface area contributed by atoms with E-state index in [0.717, 1.165) is 60.4 Å². The molecule has 0 radical (unpaired) electrons. The van der Waals surface area contributed by atoms with Crippen LogP contribution in [0.4, 0.5) is 5.82 Å². The highest BCUT2D eigenvalue weighted by Crippen LogP contribution is 2.32. The maximum atomic E-state index is 4.91. The van der Waals surface area contributed by atoms with Gasteiger partial charge in [-0.1, -0.05) is 75.6 Å². The summed E-state index contributed by atoms with van der Waals surface area (Å²) in [6.07, 6.45) is 13.9. The molecule has 44 heavy (non-hydrogen) atoms. The molecule has 1 aliphatic rings. The number of aryl methyl sites for hydroxylation is 1. The number of nitrogens with zero attached hydrogens (tertiary/aromatic N) is 4. The van der Waals surface area contributed by atoms with Gasteiger partial charge in [-0.2, -0.15) is 0 Å². The van der Waals surface area contributed by atoms with E-state index in [1.165, 1.54) is 89.4 Å². The monoisotopic (exact) mass is 600 g/mol. The summed E-state index contributed by atoms with van der Waals surface area (Å²) in [6, 6.07) is 19.8. The van der Waals surface area contributed by atoms with Gasteiger partial charge in [-0.15, -0.1) is 0 Å². The van der Waals surface area contributed by atoms with E-state index in [-0.39, 0.29) is 0 Å². The summed E-state index contributed by atoms with van der Waals surface area (Å²) >= 11 is 0. The molecule has 1 unspecified atom stereocenters. The van der Waals surface area contributed by atoms with E-state index >= 15 is 0 Å². The van der Waals surface area contributed by atoms with Crippen molar-refractivity contribution in [3.8, 4) is 0 Å². The summed E-state index contributed by atoms with van der Waals surface area (Å²) in [7, 11) is 4.14. The van der Waals surface area contributed by atoms with Gasteiger partial charge in [0.2, 0.25) is 0 Å². The van der Waals surface area contributed by atoms with Gasteiger partial charge >= 0.3 is 0 Å². The summed E-state index contributed by atoms with van der Waals surface area (Å²) in [5.41, 5.74) is 2.44. The van der Waals surface area contributed by atoms with Gasteiger partial charge in [0.15, 0.2) is 0 Å². The molecule has 1 fully saturated rings. The summed E-state index contributed by atoms with van der Waals surface area (Å²) in [6.45, 7) is 11.4. The summed E-state index contributed by atoms with van der Waals surface area (Å²) in [5, 5.41) is 8.86. The number of nitrogens with one attached hydrogen (secondary N) is 2. The number of fused-ring (bicyclic) bond motifs is 1. The smallest absolute Gasteiger partial charge is 0.139 e. The van der Waals surface area contributed by atoms with Crippen molar-refractivity contribution in [1.82, 2.24) is 25.5 Å². The molecule has 0 amide bonds. The van der Waals surface area contributed by atoms with E-state index in [1.807, 2.05) is 0 Å². The van der Waals surface area contributed by atoms with Crippen LogP contribution in [-0.2, 0) is 13.0 Å². The second-order valence-electron chi connectivity index (χ2n) is 13.4. The van der Waals surface area contributed by atoms with Gasteiger partial charge in [-0.25, -0.2) is 9.97 Å². The molecule has 0 bridgehead atoms. The van der Waals surface area contributed by atoms with Crippen LogP contribution in [0.25, 0.3) is 10.9 Å². The third kappa shape index (κ3) is 11.4. The predicted molar refractivity (Wildman–Crippen MR) is 188 cm³/mol. The number of anilines is 1. The van der Waals surface area contributed by atoms with Crippen LogP contribution in [-0.4, -0.2) is 67.7 Å². The van der Waals surface area contributed by atoms with Gasteiger partial charge in [0.25, 0.3) is 0 Å². The van der Waals surface area contributed by atoms with E-state index in [0.29, 0.717) is 6.04 Å². The molecular weight excluding hydrogens is 540 g/mol. The molecule has 1 saturated carbocycles. The Balaban J connectivity index is 1.12. The first-order chi connectivity index (χ1) is 21.6. The van der Waals surface area contributed by atoms with E-state index in [1.54, 1.807) is 0 Å². The number of para-hydroxylation sites is 1. The first-order valence-corrected chi connectivity index (χ1v) is 17.7. The molecule has 4 rings (SSSR count). The fourth-order valence-electron chi connectivity index (χ4n) is 6.97. The minimum absolute atomic E-state index is 0.542. The maximum Gasteiger partial charge on any atom is 0.139 e. The van der Waals surface area contributed by atoms with Crippen LogP contribution in [0, 0.1) is 11.8 Å². The first kappa shape index (κ1) is 34.3. The molecule has 6 heteroatoms. The lowest BCUT2D eigenvalue weighted by Gasteiger charge is -2.29. The summed E-state index contributed by atoms with van der Waals surface area (Å²) in [4.78, 5) is 14.6. The molecule has 242 valence electrons. The molecule has 0 saturated heterocycles. The normalized spacial score (nSPS) is 17.8. The molecule has 2 N–H and O–H groups in total. The Bertz CT molecular complexity index is 1180. The molecular formula is C38H60N6. The number of hydrogen-bond donors (Lipinski definition) is 2. The number of benzene rings is 2. The van der Waals surface area contributed by atoms with Gasteiger partial charge in [0.1, 0.15) is 11.6 Å².